The molecule has 1 N–H and O–H groups in total. The van der Waals surface area contributed by atoms with Gasteiger partial charge in [0, 0.05) is 4.90 Å². The third-order valence-electron chi connectivity index (χ3n) is 2.38. The summed E-state index contributed by atoms with van der Waals surface area (Å²) in [5, 5.41) is 10.0. The first-order valence-corrected chi connectivity index (χ1v) is 6.44. The minimum atomic E-state index is -0.339. The molecule has 1 rings (SSSR count). The van der Waals surface area contributed by atoms with Crippen molar-refractivity contribution in [1.29, 1.82) is 0 Å². The Labute approximate surface area is 96.2 Å². The highest BCUT2D eigenvalue weighted by molar-refractivity contribution is 7.98. The fourth-order valence-electron chi connectivity index (χ4n) is 1.55. The topological polar surface area (TPSA) is 20.2 Å². The van der Waals surface area contributed by atoms with Gasteiger partial charge < -0.3 is 5.11 Å². The fourth-order valence-corrected chi connectivity index (χ4v) is 2.21. The van der Waals surface area contributed by atoms with Crippen molar-refractivity contribution in [2.45, 2.75) is 30.3 Å². The predicted molar refractivity (Wildman–Crippen MR) is 67.2 cm³/mol. The maximum Gasteiger partial charge on any atom is 0.0801 e. The Hall–Kier alpha value is -0.730. The zero-order valence-electron chi connectivity index (χ0n) is 9.15. The summed E-state index contributed by atoms with van der Waals surface area (Å²) in [6, 6.07) is 8.04. The number of aliphatic hydroxyl groups excluding tert-OH is 1. The molecule has 0 saturated heterocycles. The van der Waals surface area contributed by atoms with Crippen LogP contribution in [0.4, 0.5) is 0 Å². The number of hydrogen-bond acceptors (Lipinski definition) is 2. The fraction of sp³-hybridized carbons (Fsp3) is 0.385. The van der Waals surface area contributed by atoms with Crippen molar-refractivity contribution < 1.29 is 5.11 Å². The maximum atomic E-state index is 10.0. The highest BCUT2D eigenvalue weighted by Crippen LogP contribution is 2.28. The van der Waals surface area contributed by atoms with Gasteiger partial charge in [0.05, 0.1) is 6.10 Å². The Kier molecular flexibility index (Phi) is 5.51. The summed E-state index contributed by atoms with van der Waals surface area (Å²) in [6.45, 7) is 3.68. The van der Waals surface area contributed by atoms with Gasteiger partial charge in [-0.3, -0.25) is 0 Å². The molecule has 82 valence electrons. The van der Waals surface area contributed by atoms with Crippen LogP contribution in [0.3, 0.4) is 0 Å². The summed E-state index contributed by atoms with van der Waals surface area (Å²) in [5.74, 6) is 0. The van der Waals surface area contributed by atoms with E-state index in [4.69, 9.17) is 0 Å². The SMILES string of the molecule is C=CCCCC(O)c1ccccc1SC. The van der Waals surface area contributed by atoms with Crippen molar-refractivity contribution in [3.8, 4) is 0 Å². The molecule has 1 atom stereocenters. The molecule has 0 radical (unpaired) electrons. The van der Waals surface area contributed by atoms with Gasteiger partial charge in [-0.05, 0) is 37.1 Å². The second-order valence-electron chi connectivity index (χ2n) is 3.48. The van der Waals surface area contributed by atoms with Gasteiger partial charge >= 0.3 is 0 Å². The van der Waals surface area contributed by atoms with Crippen molar-refractivity contribution in [2.24, 2.45) is 0 Å². The van der Waals surface area contributed by atoms with Gasteiger partial charge in [0.15, 0.2) is 0 Å². The number of thioether (sulfide) groups is 1. The Morgan fingerprint density at radius 1 is 1.47 bits per heavy atom. The highest BCUT2D eigenvalue weighted by atomic mass is 32.2. The smallest absolute Gasteiger partial charge is 0.0801 e. The molecule has 0 aromatic heterocycles. The lowest BCUT2D eigenvalue weighted by molar-refractivity contribution is 0.162. The second kappa shape index (κ2) is 6.70. The van der Waals surface area contributed by atoms with Crippen LogP contribution >= 0.6 is 11.8 Å². The van der Waals surface area contributed by atoms with Crippen LogP contribution in [0.25, 0.3) is 0 Å². The molecule has 0 aliphatic carbocycles. The van der Waals surface area contributed by atoms with Crippen molar-refractivity contribution in [3.05, 3.63) is 42.5 Å². The van der Waals surface area contributed by atoms with Crippen molar-refractivity contribution >= 4 is 11.8 Å². The van der Waals surface area contributed by atoms with E-state index in [0.717, 1.165) is 24.8 Å². The Morgan fingerprint density at radius 2 is 2.20 bits per heavy atom. The standard InChI is InChI=1S/C13H18OS/c1-3-4-5-9-12(14)11-8-6-7-10-13(11)15-2/h3,6-8,10,12,14H,1,4-5,9H2,2H3. The summed E-state index contributed by atoms with van der Waals surface area (Å²) in [4.78, 5) is 1.17. The van der Waals surface area contributed by atoms with Crippen LogP contribution in [0.1, 0.15) is 30.9 Å². The van der Waals surface area contributed by atoms with E-state index in [2.05, 4.69) is 12.6 Å². The lowest BCUT2D eigenvalue weighted by Crippen LogP contribution is -1.98. The third kappa shape index (κ3) is 3.73. The molecule has 0 aliphatic rings. The molecular formula is C13H18OS. The quantitative estimate of drug-likeness (QED) is 0.449. The highest BCUT2D eigenvalue weighted by Gasteiger charge is 2.10. The number of hydrogen-bond donors (Lipinski definition) is 1. The normalized spacial score (nSPS) is 12.4. The summed E-state index contributed by atoms with van der Waals surface area (Å²) < 4.78 is 0. The second-order valence-corrected chi connectivity index (χ2v) is 4.33. The average molecular weight is 222 g/mol. The van der Waals surface area contributed by atoms with E-state index < -0.39 is 0 Å². The molecular weight excluding hydrogens is 204 g/mol. The first kappa shape index (κ1) is 12.3. The minimum absolute atomic E-state index is 0.339. The molecule has 0 saturated carbocycles. The molecule has 0 amide bonds. The summed E-state index contributed by atoms with van der Waals surface area (Å²) in [6.07, 6.45) is 6.37. The van der Waals surface area contributed by atoms with Crippen molar-refractivity contribution in [1.82, 2.24) is 0 Å². The molecule has 0 aliphatic heterocycles. The Balaban J connectivity index is 2.63. The molecule has 1 aromatic rings. The largest absolute Gasteiger partial charge is 0.388 e. The number of benzene rings is 1. The first-order valence-electron chi connectivity index (χ1n) is 5.21. The zero-order chi connectivity index (χ0) is 11.1. The molecule has 0 bridgehead atoms. The molecule has 15 heavy (non-hydrogen) atoms. The van der Waals surface area contributed by atoms with E-state index in [1.54, 1.807) is 11.8 Å². The molecule has 1 nitrogen and oxygen atoms in total. The van der Waals surface area contributed by atoms with Gasteiger partial charge in [-0.2, -0.15) is 0 Å². The number of allylic oxidation sites excluding steroid dienone is 1. The van der Waals surface area contributed by atoms with E-state index in [9.17, 15) is 5.11 Å². The zero-order valence-corrected chi connectivity index (χ0v) is 9.96. The van der Waals surface area contributed by atoms with Gasteiger partial charge in [-0.1, -0.05) is 24.3 Å². The van der Waals surface area contributed by atoms with E-state index >= 15 is 0 Å². The van der Waals surface area contributed by atoms with Crippen LogP contribution in [0.15, 0.2) is 41.8 Å². The number of unbranched alkanes of at least 4 members (excludes halogenated alkanes) is 1. The van der Waals surface area contributed by atoms with Crippen LogP contribution in [-0.4, -0.2) is 11.4 Å². The van der Waals surface area contributed by atoms with E-state index in [1.807, 2.05) is 30.5 Å². The van der Waals surface area contributed by atoms with Crippen LogP contribution < -0.4 is 0 Å². The summed E-state index contributed by atoms with van der Waals surface area (Å²) in [5.41, 5.74) is 1.05. The van der Waals surface area contributed by atoms with Gasteiger partial charge in [0.2, 0.25) is 0 Å². The minimum Gasteiger partial charge on any atom is -0.388 e. The number of aliphatic hydroxyl groups is 1. The Morgan fingerprint density at radius 3 is 2.87 bits per heavy atom. The average Bonchev–Trinajstić information content (AvgIpc) is 2.29. The van der Waals surface area contributed by atoms with Gasteiger partial charge in [-0.15, -0.1) is 18.3 Å². The van der Waals surface area contributed by atoms with Crippen LogP contribution in [0.5, 0.6) is 0 Å². The summed E-state index contributed by atoms with van der Waals surface area (Å²) in [7, 11) is 0. The van der Waals surface area contributed by atoms with E-state index in [1.165, 1.54) is 4.90 Å². The monoisotopic (exact) mass is 222 g/mol. The third-order valence-corrected chi connectivity index (χ3v) is 3.20. The van der Waals surface area contributed by atoms with Crippen LogP contribution in [-0.2, 0) is 0 Å². The van der Waals surface area contributed by atoms with Crippen molar-refractivity contribution in [2.75, 3.05) is 6.26 Å². The lowest BCUT2D eigenvalue weighted by Gasteiger charge is -2.13. The molecule has 2 heteroatoms. The molecule has 0 heterocycles. The maximum absolute atomic E-state index is 10.0. The van der Waals surface area contributed by atoms with Gasteiger partial charge in [0.1, 0.15) is 0 Å². The molecule has 1 unspecified atom stereocenters. The summed E-state index contributed by atoms with van der Waals surface area (Å²) >= 11 is 1.68. The molecule has 0 spiro atoms. The first-order chi connectivity index (χ1) is 7.29. The number of rotatable bonds is 6. The van der Waals surface area contributed by atoms with Crippen LogP contribution in [0, 0.1) is 0 Å². The van der Waals surface area contributed by atoms with E-state index in [-0.39, 0.29) is 6.10 Å². The van der Waals surface area contributed by atoms with Gasteiger partial charge in [0.25, 0.3) is 0 Å². The van der Waals surface area contributed by atoms with Gasteiger partial charge in [-0.25, -0.2) is 0 Å². The molecule has 1 aromatic carbocycles. The van der Waals surface area contributed by atoms with Crippen LogP contribution in [0.2, 0.25) is 0 Å². The molecule has 0 fully saturated rings. The lowest BCUT2D eigenvalue weighted by atomic mass is 10.0. The predicted octanol–water partition coefficient (Wildman–Crippen LogP) is 3.80. The van der Waals surface area contributed by atoms with Crippen molar-refractivity contribution in [3.63, 3.8) is 0 Å². The van der Waals surface area contributed by atoms with E-state index in [0.29, 0.717) is 0 Å². The Bertz CT molecular complexity index is 309.